The van der Waals surface area contributed by atoms with Crippen molar-refractivity contribution in [3.05, 3.63) is 29.8 Å². The first-order valence-electron chi connectivity index (χ1n) is 14.4. The molecule has 3 atom stereocenters. The van der Waals surface area contributed by atoms with Gasteiger partial charge in [0, 0.05) is 45.8 Å². The third kappa shape index (κ3) is 8.39. The normalized spacial score (nSPS) is 18.8. The van der Waals surface area contributed by atoms with Gasteiger partial charge in [-0.25, -0.2) is 14.2 Å². The lowest BCUT2D eigenvalue weighted by atomic mass is 9.89. The molecule has 1 aromatic carbocycles. The average Bonchev–Trinajstić information content (AvgIpc) is 3.24. The molecule has 10 heteroatoms. The van der Waals surface area contributed by atoms with Crippen LogP contribution in [0, 0.1) is 23.1 Å². The molecule has 2 heterocycles. The lowest BCUT2D eigenvalue weighted by Crippen LogP contribution is -2.56. The standard InChI is InChI=1S/C30H47FN4O5/c1-20(2)16-35(24-14-22(21(3)36)17-33(18-24)29(38)40-19-30(4,5)6)28(37)27-32-25-11-10-23(31)15-26(25)34(27)12-8-9-13-39-7/h10-11,15,20-22,24,36H,8-9,12-14,16-19H2,1-7H3/t21-,22?,24?/m0/s1. The molecule has 0 radical (unpaired) electrons. The molecule has 9 nitrogen and oxygen atoms in total. The number of benzene rings is 1. The number of methoxy groups -OCH3 is 1. The Labute approximate surface area is 237 Å². The number of amides is 2. The number of ether oxygens (including phenoxy) is 2. The zero-order valence-electron chi connectivity index (χ0n) is 25.2. The van der Waals surface area contributed by atoms with E-state index in [0.29, 0.717) is 50.2 Å². The monoisotopic (exact) mass is 562 g/mol. The number of hydrogen-bond donors (Lipinski definition) is 1. The summed E-state index contributed by atoms with van der Waals surface area (Å²) in [5.41, 5.74) is 0.942. The van der Waals surface area contributed by atoms with Crippen LogP contribution in [0.3, 0.4) is 0 Å². The first kappa shape index (κ1) is 31.8. The van der Waals surface area contributed by atoms with Gasteiger partial charge in [-0.3, -0.25) is 4.79 Å². The van der Waals surface area contributed by atoms with Crippen LogP contribution in [0.5, 0.6) is 0 Å². The summed E-state index contributed by atoms with van der Waals surface area (Å²) in [5.74, 6) is -0.476. The van der Waals surface area contributed by atoms with E-state index >= 15 is 0 Å². The summed E-state index contributed by atoms with van der Waals surface area (Å²) in [7, 11) is 1.65. The fourth-order valence-electron chi connectivity index (χ4n) is 5.13. The van der Waals surface area contributed by atoms with Crippen molar-refractivity contribution in [3.8, 4) is 0 Å². The highest BCUT2D eigenvalue weighted by Gasteiger charge is 2.39. The first-order valence-corrected chi connectivity index (χ1v) is 14.4. The van der Waals surface area contributed by atoms with Crippen LogP contribution in [0.2, 0.25) is 0 Å². The Morgan fingerprint density at radius 1 is 1.20 bits per heavy atom. The Hall–Kier alpha value is -2.72. The van der Waals surface area contributed by atoms with E-state index in [1.165, 1.54) is 12.1 Å². The molecule has 2 amide bonds. The Kier molecular flexibility index (Phi) is 10.9. The predicted octanol–water partition coefficient (Wildman–Crippen LogP) is 4.95. The number of rotatable bonds is 11. The number of aliphatic hydroxyl groups is 1. The van der Waals surface area contributed by atoms with Crippen LogP contribution in [0.4, 0.5) is 9.18 Å². The summed E-state index contributed by atoms with van der Waals surface area (Å²) in [5, 5.41) is 10.5. The van der Waals surface area contributed by atoms with Crippen molar-refractivity contribution in [2.24, 2.45) is 17.3 Å². The van der Waals surface area contributed by atoms with Crippen molar-refractivity contribution in [2.75, 3.05) is 40.0 Å². The Morgan fingerprint density at radius 3 is 2.55 bits per heavy atom. The lowest BCUT2D eigenvalue weighted by molar-refractivity contribution is 0.00186. The van der Waals surface area contributed by atoms with E-state index < -0.39 is 12.2 Å². The van der Waals surface area contributed by atoms with Gasteiger partial charge in [-0.15, -0.1) is 0 Å². The van der Waals surface area contributed by atoms with E-state index in [9.17, 15) is 19.1 Å². The number of carbonyl (C=O) groups is 2. The molecule has 40 heavy (non-hydrogen) atoms. The molecule has 224 valence electrons. The van der Waals surface area contributed by atoms with Gasteiger partial charge in [0.15, 0.2) is 5.82 Å². The largest absolute Gasteiger partial charge is 0.449 e. The van der Waals surface area contributed by atoms with Crippen LogP contribution in [0.1, 0.15) is 71.4 Å². The highest BCUT2D eigenvalue weighted by molar-refractivity contribution is 5.95. The summed E-state index contributed by atoms with van der Waals surface area (Å²) in [4.78, 5) is 35.4. The number of likely N-dealkylation sites (tertiary alicyclic amines) is 1. The topological polar surface area (TPSA) is 97.1 Å². The van der Waals surface area contributed by atoms with Gasteiger partial charge in [0.2, 0.25) is 0 Å². The van der Waals surface area contributed by atoms with Crippen molar-refractivity contribution < 1.29 is 28.6 Å². The second-order valence-electron chi connectivity index (χ2n) is 12.7. The van der Waals surface area contributed by atoms with Crippen molar-refractivity contribution in [3.63, 3.8) is 0 Å². The molecule has 0 bridgehead atoms. The van der Waals surface area contributed by atoms with Crippen LogP contribution in [-0.2, 0) is 16.0 Å². The Bertz CT molecular complexity index is 1140. The lowest BCUT2D eigenvalue weighted by Gasteiger charge is -2.43. The molecular formula is C30H47FN4O5. The molecule has 0 saturated carbocycles. The molecule has 1 aliphatic heterocycles. The van der Waals surface area contributed by atoms with Crippen LogP contribution in [-0.4, -0.2) is 88.6 Å². The van der Waals surface area contributed by atoms with E-state index in [1.54, 1.807) is 34.5 Å². The highest BCUT2D eigenvalue weighted by Crippen LogP contribution is 2.28. The smallest absolute Gasteiger partial charge is 0.409 e. The fourth-order valence-corrected chi connectivity index (χ4v) is 5.13. The second-order valence-corrected chi connectivity index (χ2v) is 12.7. The maximum absolute atomic E-state index is 14.3. The minimum absolute atomic E-state index is 0.147. The first-order chi connectivity index (χ1) is 18.8. The number of carbonyl (C=O) groups excluding carboxylic acids is 2. The van der Waals surface area contributed by atoms with Gasteiger partial charge in [-0.1, -0.05) is 34.6 Å². The molecule has 1 saturated heterocycles. The third-order valence-electron chi connectivity index (χ3n) is 7.18. The van der Waals surface area contributed by atoms with E-state index in [2.05, 4.69) is 4.98 Å². The molecule has 1 N–H and O–H groups in total. The zero-order chi connectivity index (χ0) is 29.6. The van der Waals surface area contributed by atoms with Gasteiger partial charge in [0.1, 0.15) is 5.82 Å². The number of imidazole rings is 1. The zero-order valence-corrected chi connectivity index (χ0v) is 25.2. The van der Waals surface area contributed by atoms with Gasteiger partial charge in [0.05, 0.1) is 29.8 Å². The van der Waals surface area contributed by atoms with Gasteiger partial charge in [0.25, 0.3) is 5.91 Å². The summed E-state index contributed by atoms with van der Waals surface area (Å²) < 4.78 is 26.8. The maximum Gasteiger partial charge on any atom is 0.409 e. The number of aromatic nitrogens is 2. The summed E-state index contributed by atoms with van der Waals surface area (Å²) in [6, 6.07) is 4.01. The van der Waals surface area contributed by atoms with Crippen LogP contribution >= 0.6 is 0 Å². The van der Waals surface area contributed by atoms with Gasteiger partial charge < -0.3 is 28.9 Å². The van der Waals surface area contributed by atoms with E-state index in [1.807, 2.05) is 34.6 Å². The van der Waals surface area contributed by atoms with Crippen LogP contribution < -0.4 is 0 Å². The molecule has 2 aromatic rings. The van der Waals surface area contributed by atoms with Gasteiger partial charge in [-0.2, -0.15) is 0 Å². The Balaban J connectivity index is 1.96. The third-order valence-corrected chi connectivity index (χ3v) is 7.18. The molecule has 0 aliphatic carbocycles. The van der Waals surface area contributed by atoms with Crippen LogP contribution in [0.15, 0.2) is 18.2 Å². The van der Waals surface area contributed by atoms with Crippen molar-refractivity contribution in [2.45, 2.75) is 79.5 Å². The van der Waals surface area contributed by atoms with E-state index in [4.69, 9.17) is 9.47 Å². The van der Waals surface area contributed by atoms with Gasteiger partial charge in [-0.05, 0) is 55.7 Å². The minimum atomic E-state index is -0.662. The summed E-state index contributed by atoms with van der Waals surface area (Å²) in [6.07, 6.45) is 0.968. The molecule has 1 fully saturated rings. The molecule has 1 aliphatic rings. The number of halogens is 1. The minimum Gasteiger partial charge on any atom is -0.449 e. The van der Waals surface area contributed by atoms with E-state index in [0.717, 1.165) is 12.8 Å². The molecule has 3 rings (SSSR count). The van der Waals surface area contributed by atoms with E-state index in [-0.39, 0.29) is 47.4 Å². The molecular weight excluding hydrogens is 515 g/mol. The maximum atomic E-state index is 14.3. The quantitative estimate of drug-likeness (QED) is 0.389. The molecule has 2 unspecified atom stereocenters. The molecule has 1 aromatic heterocycles. The molecule has 0 spiro atoms. The summed E-state index contributed by atoms with van der Waals surface area (Å²) in [6.45, 7) is 14.2. The van der Waals surface area contributed by atoms with Gasteiger partial charge >= 0.3 is 6.09 Å². The predicted molar refractivity (Wildman–Crippen MR) is 153 cm³/mol. The average molecular weight is 563 g/mol. The number of piperidine rings is 1. The second kappa shape index (κ2) is 13.8. The number of nitrogens with zero attached hydrogens (tertiary/aromatic N) is 4. The fraction of sp³-hybridized carbons (Fsp3) is 0.700. The number of unbranched alkanes of at least 4 members (excludes halogenated alkanes) is 1. The number of aryl methyl sites for hydroxylation is 1. The SMILES string of the molecule is COCCCCn1c(C(=O)N(CC(C)C)C2CC([C@H](C)O)CN(C(=O)OCC(C)(C)C)C2)nc2ccc(F)cc21. The van der Waals surface area contributed by atoms with Crippen molar-refractivity contribution in [1.29, 1.82) is 0 Å². The summed E-state index contributed by atoms with van der Waals surface area (Å²) >= 11 is 0. The number of aliphatic hydroxyl groups excluding tert-OH is 1. The van der Waals surface area contributed by atoms with Crippen LogP contribution in [0.25, 0.3) is 11.0 Å². The van der Waals surface area contributed by atoms with Crippen molar-refractivity contribution >= 4 is 23.0 Å². The number of hydrogen-bond acceptors (Lipinski definition) is 6. The Morgan fingerprint density at radius 2 is 1.93 bits per heavy atom. The van der Waals surface area contributed by atoms with Crippen molar-refractivity contribution in [1.82, 2.24) is 19.4 Å². The highest BCUT2D eigenvalue weighted by atomic mass is 19.1. The number of fused-ring (bicyclic) bond motifs is 1.